The monoisotopic (exact) mass is 366 g/mol. The van der Waals surface area contributed by atoms with Crippen LogP contribution in [0, 0.1) is 11.8 Å². The number of carbonyl (C=O) groups is 1. The van der Waals surface area contributed by atoms with E-state index in [2.05, 4.69) is 30.3 Å². The van der Waals surface area contributed by atoms with Crippen molar-refractivity contribution in [3.63, 3.8) is 0 Å². The van der Waals surface area contributed by atoms with Crippen LogP contribution in [0.2, 0.25) is 0 Å². The van der Waals surface area contributed by atoms with Crippen LogP contribution in [0.15, 0.2) is 60.7 Å². The van der Waals surface area contributed by atoms with Gasteiger partial charge in [0.05, 0.1) is 32.1 Å². The molecule has 0 atom stereocenters. The summed E-state index contributed by atoms with van der Waals surface area (Å²) in [6, 6.07) is 7.59. The molecule has 0 fully saturated rings. The predicted molar refractivity (Wildman–Crippen MR) is 109 cm³/mol. The molecule has 0 aromatic heterocycles. The van der Waals surface area contributed by atoms with E-state index in [1.807, 2.05) is 31.3 Å². The van der Waals surface area contributed by atoms with E-state index in [9.17, 15) is 4.79 Å². The predicted octanol–water partition coefficient (Wildman–Crippen LogP) is 2.31. The second-order valence-electron chi connectivity index (χ2n) is 5.86. The van der Waals surface area contributed by atoms with Gasteiger partial charge in [-0.15, -0.1) is 0 Å². The number of ether oxygens (including phenoxy) is 2. The fourth-order valence-electron chi connectivity index (χ4n) is 2.58. The smallest absolute Gasteiger partial charge is 0.253 e. The van der Waals surface area contributed by atoms with Gasteiger partial charge in [-0.2, -0.15) is 0 Å². The first-order chi connectivity index (χ1) is 13.2. The van der Waals surface area contributed by atoms with E-state index < -0.39 is 0 Å². The van der Waals surface area contributed by atoms with Crippen LogP contribution in [0.1, 0.15) is 5.56 Å². The normalized spacial score (nSPS) is 15.8. The summed E-state index contributed by atoms with van der Waals surface area (Å²) in [6.07, 6.45) is 3.41. The largest absolute Gasteiger partial charge is 0.378 e. The third-order valence-corrected chi connectivity index (χ3v) is 4.05. The minimum Gasteiger partial charge on any atom is -0.378 e. The Bertz CT molecular complexity index is 771. The van der Waals surface area contributed by atoms with Gasteiger partial charge in [0.15, 0.2) is 0 Å². The number of likely N-dealkylation sites (N-methyl/N-ethyl adjacent to an activating group) is 1. The molecule has 142 valence electrons. The Kier molecular flexibility index (Phi) is 8.53. The van der Waals surface area contributed by atoms with Gasteiger partial charge < -0.3 is 19.7 Å². The van der Waals surface area contributed by atoms with Gasteiger partial charge >= 0.3 is 0 Å². The number of anilines is 1. The molecule has 0 radical (unpaired) electrons. The van der Waals surface area contributed by atoms with Gasteiger partial charge in [0, 0.05) is 17.7 Å². The standard InChI is InChI=1S/C22H26N2O3/c1-4-18-10-11-20-8-6-7-9-21(20)24(16-19(18)5-2)22(25)17-27-15-14-26-13-12-23-3/h4-9,23H,1-2,12-17H2,3H3/b19-18-. The van der Waals surface area contributed by atoms with Gasteiger partial charge in [0.25, 0.3) is 5.91 Å². The van der Waals surface area contributed by atoms with Crippen molar-refractivity contribution in [2.75, 3.05) is 51.5 Å². The van der Waals surface area contributed by atoms with Crippen molar-refractivity contribution < 1.29 is 14.3 Å². The van der Waals surface area contributed by atoms with Crippen molar-refractivity contribution in [3.8, 4) is 11.8 Å². The Hall–Kier alpha value is -2.65. The third kappa shape index (κ3) is 5.93. The summed E-state index contributed by atoms with van der Waals surface area (Å²) in [6.45, 7) is 10.2. The Morgan fingerprint density at radius 3 is 2.70 bits per heavy atom. The first-order valence-electron chi connectivity index (χ1n) is 8.90. The van der Waals surface area contributed by atoms with E-state index in [1.165, 1.54) is 0 Å². The molecule has 5 heteroatoms. The highest BCUT2D eigenvalue weighted by Gasteiger charge is 2.21. The number of hydrogen-bond donors (Lipinski definition) is 1. The maximum atomic E-state index is 12.8. The number of carbonyl (C=O) groups excluding carboxylic acids is 1. The van der Waals surface area contributed by atoms with Crippen molar-refractivity contribution in [1.29, 1.82) is 0 Å². The number of amides is 1. The van der Waals surface area contributed by atoms with E-state index in [0.29, 0.717) is 26.4 Å². The molecule has 0 aliphatic carbocycles. The van der Waals surface area contributed by atoms with E-state index in [-0.39, 0.29) is 12.5 Å². The van der Waals surface area contributed by atoms with Gasteiger partial charge in [-0.3, -0.25) is 4.79 Å². The Morgan fingerprint density at radius 2 is 1.96 bits per heavy atom. The average molecular weight is 366 g/mol. The first-order valence-corrected chi connectivity index (χ1v) is 8.90. The number of nitrogens with one attached hydrogen (secondary N) is 1. The van der Waals surface area contributed by atoms with Gasteiger partial charge in [-0.1, -0.05) is 49.3 Å². The van der Waals surface area contributed by atoms with Crippen LogP contribution in [-0.4, -0.2) is 52.5 Å². The highest BCUT2D eigenvalue weighted by atomic mass is 16.5. The molecule has 1 aromatic rings. The molecule has 1 aromatic carbocycles. The number of fused-ring (bicyclic) bond motifs is 1. The van der Waals surface area contributed by atoms with Crippen LogP contribution in [0.5, 0.6) is 0 Å². The van der Waals surface area contributed by atoms with Gasteiger partial charge in [0.1, 0.15) is 6.61 Å². The van der Waals surface area contributed by atoms with E-state index in [0.717, 1.165) is 28.9 Å². The first kappa shape index (κ1) is 20.7. The van der Waals surface area contributed by atoms with Crippen LogP contribution in [0.4, 0.5) is 5.69 Å². The lowest BCUT2D eigenvalue weighted by Crippen LogP contribution is -2.37. The minimum atomic E-state index is -0.135. The maximum absolute atomic E-state index is 12.8. The van der Waals surface area contributed by atoms with Crippen molar-refractivity contribution in [1.82, 2.24) is 5.32 Å². The van der Waals surface area contributed by atoms with Gasteiger partial charge in [-0.25, -0.2) is 0 Å². The Balaban J connectivity index is 2.09. The molecule has 1 aliphatic rings. The summed E-state index contributed by atoms with van der Waals surface area (Å²) in [5.41, 5.74) is 3.20. The molecule has 0 spiro atoms. The Labute approximate surface area is 161 Å². The molecule has 1 aliphatic heterocycles. The number of rotatable bonds is 10. The molecule has 2 rings (SSSR count). The van der Waals surface area contributed by atoms with E-state index in [4.69, 9.17) is 9.47 Å². The third-order valence-electron chi connectivity index (χ3n) is 4.05. The topological polar surface area (TPSA) is 50.8 Å². The summed E-state index contributed by atoms with van der Waals surface area (Å²) in [5.74, 6) is 6.10. The van der Waals surface area contributed by atoms with Crippen LogP contribution in [0.25, 0.3) is 0 Å². The minimum absolute atomic E-state index is 0.0228. The molecule has 0 saturated heterocycles. The second kappa shape index (κ2) is 11.1. The molecule has 0 bridgehead atoms. The number of benzene rings is 1. The zero-order valence-electron chi connectivity index (χ0n) is 15.8. The summed E-state index contributed by atoms with van der Waals surface area (Å²) >= 11 is 0. The average Bonchev–Trinajstić information content (AvgIpc) is 2.68. The molecule has 27 heavy (non-hydrogen) atoms. The SMILES string of the molecule is C=C/C1=C(\C=C)CN(C(=O)COCCOCCNC)c2ccccc2C#C1. The molecular weight excluding hydrogens is 340 g/mol. The molecule has 1 N–H and O–H groups in total. The van der Waals surface area contributed by atoms with Crippen LogP contribution >= 0.6 is 0 Å². The lowest BCUT2D eigenvalue weighted by molar-refractivity contribution is -0.123. The highest BCUT2D eigenvalue weighted by molar-refractivity contribution is 5.96. The van der Waals surface area contributed by atoms with Crippen LogP contribution in [0.3, 0.4) is 0 Å². The zero-order chi connectivity index (χ0) is 19.5. The van der Waals surface area contributed by atoms with Gasteiger partial charge in [-0.05, 0) is 24.8 Å². The maximum Gasteiger partial charge on any atom is 0.253 e. The quantitative estimate of drug-likeness (QED) is 0.510. The Morgan fingerprint density at radius 1 is 1.19 bits per heavy atom. The number of nitrogens with zero attached hydrogens (tertiary/aromatic N) is 1. The summed E-state index contributed by atoms with van der Waals surface area (Å²) < 4.78 is 10.9. The van der Waals surface area contributed by atoms with E-state index in [1.54, 1.807) is 17.1 Å². The van der Waals surface area contributed by atoms with Crippen molar-refractivity contribution in [2.24, 2.45) is 0 Å². The van der Waals surface area contributed by atoms with Crippen molar-refractivity contribution in [3.05, 3.63) is 66.3 Å². The van der Waals surface area contributed by atoms with Crippen molar-refractivity contribution in [2.45, 2.75) is 0 Å². The molecule has 1 heterocycles. The van der Waals surface area contributed by atoms with Crippen LogP contribution in [-0.2, 0) is 14.3 Å². The lowest BCUT2D eigenvalue weighted by atomic mass is 10.0. The summed E-state index contributed by atoms with van der Waals surface area (Å²) in [4.78, 5) is 14.5. The fraction of sp³-hybridized carbons (Fsp3) is 0.318. The van der Waals surface area contributed by atoms with Gasteiger partial charge in [0.2, 0.25) is 0 Å². The fourth-order valence-corrected chi connectivity index (χ4v) is 2.58. The molecule has 1 amide bonds. The number of para-hydroxylation sites is 1. The summed E-state index contributed by atoms with van der Waals surface area (Å²) in [7, 11) is 1.87. The zero-order valence-corrected chi connectivity index (χ0v) is 15.8. The molecule has 5 nitrogen and oxygen atoms in total. The summed E-state index contributed by atoms with van der Waals surface area (Å²) in [5, 5.41) is 3.00. The second-order valence-corrected chi connectivity index (χ2v) is 5.86. The van der Waals surface area contributed by atoms with Crippen molar-refractivity contribution >= 4 is 11.6 Å². The number of hydrogen-bond acceptors (Lipinski definition) is 4. The van der Waals surface area contributed by atoms with Crippen LogP contribution < -0.4 is 10.2 Å². The molecule has 0 unspecified atom stereocenters. The van der Waals surface area contributed by atoms with E-state index >= 15 is 0 Å². The number of allylic oxidation sites excluding steroid dienone is 2. The molecule has 0 saturated carbocycles. The lowest BCUT2D eigenvalue weighted by Gasteiger charge is -2.26. The highest BCUT2D eigenvalue weighted by Crippen LogP contribution is 2.24. The molecular formula is C22H26N2O3.